The summed E-state index contributed by atoms with van der Waals surface area (Å²) in [6.07, 6.45) is 0.945. The van der Waals surface area contributed by atoms with Gasteiger partial charge < -0.3 is 29.0 Å². The lowest BCUT2D eigenvalue weighted by molar-refractivity contribution is -0.146. The Hall–Kier alpha value is -5.09. The van der Waals surface area contributed by atoms with E-state index < -0.39 is 32.0 Å². The van der Waals surface area contributed by atoms with Gasteiger partial charge in [-0.1, -0.05) is 54.6 Å². The first-order valence-electron chi connectivity index (χ1n) is 18.4. The van der Waals surface area contributed by atoms with Gasteiger partial charge in [-0.25, -0.2) is 9.59 Å². The van der Waals surface area contributed by atoms with Gasteiger partial charge in [0.15, 0.2) is 13.9 Å². The lowest BCUT2D eigenvalue weighted by Crippen LogP contribution is -2.46. The highest BCUT2D eigenvalue weighted by molar-refractivity contribution is 6.71. The molecule has 54 heavy (non-hydrogen) atoms. The number of carbonyl (C=O) groups excluding carboxylic acids is 3. The lowest BCUT2D eigenvalue weighted by Gasteiger charge is -2.32. The largest absolute Gasteiger partial charge is 0.447 e. The van der Waals surface area contributed by atoms with Crippen LogP contribution in [0.15, 0.2) is 79.0 Å². The van der Waals surface area contributed by atoms with E-state index in [1.807, 2.05) is 99.0 Å². The van der Waals surface area contributed by atoms with Crippen molar-refractivity contribution in [3.8, 4) is 0 Å². The highest BCUT2D eigenvalue weighted by Gasteiger charge is 2.66. The fraction of sp³-hybridized carbons (Fsp3) is 0.410. The molecule has 14 nitrogen and oxygen atoms in total. The molecule has 3 aromatic carbocycles. The number of nitrogens with zero attached hydrogens (tertiary/aromatic N) is 6. The van der Waals surface area contributed by atoms with Crippen molar-refractivity contribution in [3.05, 3.63) is 101 Å². The quantitative estimate of drug-likeness (QED) is 0.205. The molecule has 0 aliphatic carbocycles. The highest BCUT2D eigenvalue weighted by atomic mass is 28.4. The number of cyclic esters (lactones) is 2. The molecule has 15 heteroatoms. The number of hydrogen-bond acceptors (Lipinski definition) is 10. The number of rotatable bonds is 11. The summed E-state index contributed by atoms with van der Waals surface area (Å²) in [6, 6.07) is 22.7. The molecule has 282 valence electrons. The van der Waals surface area contributed by atoms with Crippen LogP contribution in [0.4, 0.5) is 26.7 Å². The molecular weight excluding hydrogens is 709 g/mol. The van der Waals surface area contributed by atoms with Gasteiger partial charge >= 0.3 is 12.2 Å². The van der Waals surface area contributed by atoms with E-state index in [9.17, 15) is 19.5 Å². The summed E-state index contributed by atoms with van der Waals surface area (Å²) in [5, 5.41) is 19.0. The number of aromatic nitrogens is 3. The normalized spacial score (nSPS) is 24.4. The van der Waals surface area contributed by atoms with Gasteiger partial charge in [0.25, 0.3) is 5.91 Å². The Morgan fingerprint density at radius 1 is 0.926 bits per heavy atom. The van der Waals surface area contributed by atoms with Gasteiger partial charge in [-0.05, 0) is 61.0 Å². The van der Waals surface area contributed by atoms with Crippen molar-refractivity contribution >= 4 is 43.5 Å². The van der Waals surface area contributed by atoms with E-state index in [1.165, 1.54) is 0 Å². The van der Waals surface area contributed by atoms with Crippen molar-refractivity contribution in [2.45, 2.75) is 62.7 Å². The predicted molar refractivity (Wildman–Crippen MR) is 201 cm³/mol. The first-order chi connectivity index (χ1) is 26.0. The summed E-state index contributed by atoms with van der Waals surface area (Å²) in [6.45, 7) is 7.76. The van der Waals surface area contributed by atoms with Gasteiger partial charge in [-0.15, -0.1) is 5.10 Å². The second-order valence-electron chi connectivity index (χ2n) is 15.0. The van der Waals surface area contributed by atoms with Crippen molar-refractivity contribution in [1.82, 2.24) is 15.0 Å². The average molecular weight is 753 g/mol. The summed E-state index contributed by atoms with van der Waals surface area (Å²) >= 11 is 0. The van der Waals surface area contributed by atoms with Crippen molar-refractivity contribution in [2.24, 2.45) is 5.92 Å². The first-order valence-corrected chi connectivity index (χ1v) is 21.4. The SMILES string of the molecule is C[C@@H]1[C@@H]([Si](C)(C)O)[C@H](CCn2cc(C(CO)c3ccccc3)nn2)O[C@@]12C(=O)N(Cc1ccc(N3CCOC3=O)cc1)c1ccc(N3CCOC3=O)cc12. The Labute approximate surface area is 314 Å². The zero-order chi connectivity index (χ0) is 37.8. The number of aliphatic hydroxyl groups excluding tert-OH is 1. The number of ether oxygens (including phenoxy) is 3. The van der Waals surface area contributed by atoms with Gasteiger partial charge in [0.05, 0.1) is 49.6 Å². The van der Waals surface area contributed by atoms with E-state index in [2.05, 4.69) is 10.3 Å². The number of benzene rings is 3. The van der Waals surface area contributed by atoms with Crippen molar-refractivity contribution in [2.75, 3.05) is 47.6 Å². The summed E-state index contributed by atoms with van der Waals surface area (Å²) < 4.78 is 19.1. The van der Waals surface area contributed by atoms with Crippen molar-refractivity contribution in [3.63, 3.8) is 0 Å². The molecule has 1 aromatic heterocycles. The number of aliphatic hydroxyl groups is 1. The summed E-state index contributed by atoms with van der Waals surface area (Å²) in [7, 11) is -2.97. The highest BCUT2D eigenvalue weighted by Crippen LogP contribution is 2.60. The maximum Gasteiger partial charge on any atom is 0.414 e. The zero-order valence-corrected chi connectivity index (χ0v) is 31.5. The third-order valence-corrected chi connectivity index (χ3v) is 13.8. The summed E-state index contributed by atoms with van der Waals surface area (Å²) in [5.41, 5.74) is 3.32. The number of hydrogen-bond donors (Lipinski definition) is 2. The molecular formula is C39H44N6O8Si. The second kappa shape index (κ2) is 14.0. The van der Waals surface area contributed by atoms with Crippen molar-refractivity contribution < 1.29 is 38.5 Å². The van der Waals surface area contributed by atoms with Gasteiger partial charge in [0.2, 0.25) is 0 Å². The summed E-state index contributed by atoms with van der Waals surface area (Å²) in [5.74, 6) is -0.977. The number of anilines is 3. The van der Waals surface area contributed by atoms with Crippen LogP contribution in [0.1, 0.15) is 41.6 Å². The van der Waals surface area contributed by atoms with E-state index in [0.29, 0.717) is 61.0 Å². The molecule has 3 amide bonds. The van der Waals surface area contributed by atoms with Gasteiger partial charge in [-0.3, -0.25) is 19.3 Å². The van der Waals surface area contributed by atoms with Crippen LogP contribution in [0.3, 0.4) is 0 Å². The molecule has 1 spiro atoms. The van der Waals surface area contributed by atoms with E-state index in [4.69, 9.17) is 14.2 Å². The van der Waals surface area contributed by atoms with Crippen molar-refractivity contribution in [1.29, 1.82) is 0 Å². The molecule has 1 unspecified atom stereocenters. The maximum absolute atomic E-state index is 15.1. The predicted octanol–water partition coefficient (Wildman–Crippen LogP) is 4.75. The van der Waals surface area contributed by atoms with E-state index in [1.54, 1.807) is 19.4 Å². The molecule has 3 saturated heterocycles. The zero-order valence-electron chi connectivity index (χ0n) is 30.5. The molecule has 4 aliphatic rings. The fourth-order valence-corrected chi connectivity index (χ4v) is 11.4. The van der Waals surface area contributed by atoms with Crippen LogP contribution in [0, 0.1) is 5.92 Å². The molecule has 8 rings (SSSR count). The standard InChI is InChI=1S/C39H44N6O8Si/c1-25-35(54(2,3)50)34(15-16-42-23-32(40-41-42)30(24-46)27-7-5-4-6-8-27)53-39(25)31-21-29(44-18-20-52-38(44)49)13-14-33(31)45(36(39)47)22-26-9-11-28(12-10-26)43-17-19-51-37(43)48/h4-14,21,23,25,30,34-35,46,50H,15-20,22,24H2,1-3H3/t25-,30?,34+,35-,39+/m1/s1. The van der Waals surface area contributed by atoms with E-state index in [-0.39, 0.29) is 43.2 Å². The maximum atomic E-state index is 15.1. The third-order valence-electron chi connectivity index (χ3n) is 11.3. The molecule has 4 aromatic rings. The molecule has 3 fully saturated rings. The summed E-state index contributed by atoms with van der Waals surface area (Å²) in [4.78, 5) is 56.6. The topological polar surface area (TPSA) is 160 Å². The Morgan fingerprint density at radius 2 is 1.59 bits per heavy atom. The fourth-order valence-electron chi connectivity index (χ4n) is 8.78. The van der Waals surface area contributed by atoms with Gasteiger partial charge in [0.1, 0.15) is 13.2 Å². The third kappa shape index (κ3) is 6.14. The molecule has 4 aliphatic heterocycles. The average Bonchev–Trinajstić information content (AvgIpc) is 3.99. The molecule has 0 bridgehead atoms. The Balaban J connectivity index is 1.11. The van der Waals surface area contributed by atoms with Crippen LogP contribution in [0.25, 0.3) is 0 Å². The first kappa shape index (κ1) is 35.9. The number of carbonyl (C=O) groups is 3. The molecule has 0 saturated carbocycles. The molecule has 0 radical (unpaired) electrons. The Bertz CT molecular complexity index is 2060. The number of fused-ring (bicyclic) bond motifs is 2. The van der Waals surface area contributed by atoms with Gasteiger partial charge in [0, 0.05) is 41.1 Å². The van der Waals surface area contributed by atoms with E-state index in [0.717, 1.165) is 11.1 Å². The van der Waals surface area contributed by atoms with Crippen LogP contribution < -0.4 is 14.7 Å². The Morgan fingerprint density at radius 3 is 2.22 bits per heavy atom. The minimum absolute atomic E-state index is 0.118. The Kier molecular flexibility index (Phi) is 9.28. The number of amides is 3. The van der Waals surface area contributed by atoms with Crippen LogP contribution in [0.5, 0.6) is 0 Å². The van der Waals surface area contributed by atoms with Crippen LogP contribution in [0.2, 0.25) is 18.6 Å². The van der Waals surface area contributed by atoms with Crippen LogP contribution >= 0.6 is 0 Å². The van der Waals surface area contributed by atoms with E-state index >= 15 is 4.79 Å². The second-order valence-corrected chi connectivity index (χ2v) is 19.0. The smallest absolute Gasteiger partial charge is 0.414 e. The molecule has 2 N–H and O–H groups in total. The minimum Gasteiger partial charge on any atom is -0.447 e. The number of aryl methyl sites for hydroxylation is 1. The molecule has 5 atom stereocenters. The van der Waals surface area contributed by atoms with Gasteiger partial charge in [-0.2, -0.15) is 0 Å². The molecule has 5 heterocycles. The monoisotopic (exact) mass is 752 g/mol. The van der Waals surface area contributed by atoms with Crippen LogP contribution in [-0.4, -0.2) is 90.3 Å². The lowest BCUT2D eigenvalue weighted by atomic mass is 9.82. The minimum atomic E-state index is -2.97. The van der Waals surface area contributed by atoms with Crippen LogP contribution in [-0.2, 0) is 37.7 Å².